The van der Waals surface area contributed by atoms with Crippen LogP contribution in [-0.2, 0) is 5.92 Å². The molecule has 9 heteroatoms. The van der Waals surface area contributed by atoms with Gasteiger partial charge < -0.3 is 10.6 Å². The van der Waals surface area contributed by atoms with E-state index in [9.17, 15) is 8.78 Å². The predicted molar refractivity (Wildman–Crippen MR) is 103 cm³/mol. The fourth-order valence-electron chi connectivity index (χ4n) is 3.53. The van der Waals surface area contributed by atoms with Gasteiger partial charge in [0.15, 0.2) is 11.6 Å². The van der Waals surface area contributed by atoms with Crippen molar-refractivity contribution in [3.8, 4) is 5.82 Å². The minimum atomic E-state index is -3.14. The summed E-state index contributed by atoms with van der Waals surface area (Å²) in [7, 11) is 0. The first kappa shape index (κ1) is 18.7. The second-order valence-electron chi connectivity index (χ2n) is 7.70. The van der Waals surface area contributed by atoms with Gasteiger partial charge in [-0.25, -0.2) is 14.6 Å². The molecule has 1 aliphatic rings. The summed E-state index contributed by atoms with van der Waals surface area (Å²) in [6.07, 6.45) is 1.77. The number of fused-ring (bicyclic) bond motifs is 1. The molecule has 0 spiro atoms. The summed E-state index contributed by atoms with van der Waals surface area (Å²) in [5.41, 5.74) is 8.20. The molecule has 2 N–H and O–H groups in total. The van der Waals surface area contributed by atoms with Crippen molar-refractivity contribution in [1.82, 2.24) is 24.7 Å². The quantitative estimate of drug-likeness (QED) is 0.744. The number of aryl methyl sites for hydroxylation is 2. The zero-order chi connectivity index (χ0) is 20.2. The maximum absolute atomic E-state index is 13.9. The van der Waals surface area contributed by atoms with Crippen LogP contribution in [0.2, 0.25) is 0 Å². The van der Waals surface area contributed by atoms with Crippen molar-refractivity contribution in [3.05, 3.63) is 35.5 Å². The minimum absolute atomic E-state index is 0.0605. The highest BCUT2D eigenvalue weighted by atomic mass is 19.3. The standard InChI is InChI=1S/C19H23F2N7/c1-10-8-27(9-14(10)22)17-13-7-23-11(2)5-15(13)28(26-17)16-6-12(3)24-18(25-16)19(4,20)21/h5-7,10,14H,8-9,22H2,1-4H3/t10-,14-/m1/s1. The van der Waals surface area contributed by atoms with Crippen molar-refractivity contribution in [2.45, 2.75) is 39.7 Å². The van der Waals surface area contributed by atoms with Gasteiger partial charge in [0.25, 0.3) is 0 Å². The van der Waals surface area contributed by atoms with Crippen LogP contribution in [0.15, 0.2) is 18.3 Å². The molecule has 2 atom stereocenters. The molecule has 28 heavy (non-hydrogen) atoms. The Kier molecular flexibility index (Phi) is 4.29. The van der Waals surface area contributed by atoms with Crippen LogP contribution < -0.4 is 10.6 Å². The van der Waals surface area contributed by atoms with Crippen LogP contribution in [0.5, 0.6) is 0 Å². The predicted octanol–water partition coefficient (Wildman–Crippen LogP) is 2.72. The number of anilines is 1. The van der Waals surface area contributed by atoms with Crippen molar-refractivity contribution in [1.29, 1.82) is 0 Å². The smallest absolute Gasteiger partial charge is 0.303 e. The Bertz CT molecular complexity index is 1030. The number of nitrogens with two attached hydrogens (primary N) is 1. The van der Waals surface area contributed by atoms with E-state index in [4.69, 9.17) is 10.8 Å². The molecule has 1 fully saturated rings. The molecule has 0 radical (unpaired) electrons. The van der Waals surface area contributed by atoms with E-state index in [2.05, 4.69) is 26.8 Å². The Hall–Kier alpha value is -2.68. The van der Waals surface area contributed by atoms with Gasteiger partial charge in [0.2, 0.25) is 5.82 Å². The molecular formula is C19H23F2N7. The SMILES string of the molecule is Cc1cc2c(cn1)c(N1C[C@@H](C)[C@H](N)C1)nn2-c1cc(C)nc(C(C)(F)F)n1. The number of halogens is 2. The van der Waals surface area contributed by atoms with Crippen molar-refractivity contribution < 1.29 is 8.78 Å². The third-order valence-electron chi connectivity index (χ3n) is 5.10. The molecule has 3 aromatic rings. The van der Waals surface area contributed by atoms with Gasteiger partial charge in [-0.1, -0.05) is 6.92 Å². The lowest BCUT2D eigenvalue weighted by Gasteiger charge is -2.15. The molecule has 1 aliphatic heterocycles. The van der Waals surface area contributed by atoms with E-state index in [1.807, 2.05) is 13.0 Å². The van der Waals surface area contributed by atoms with Gasteiger partial charge in [0.1, 0.15) is 0 Å². The molecule has 0 aromatic carbocycles. The second-order valence-corrected chi connectivity index (χ2v) is 7.70. The zero-order valence-corrected chi connectivity index (χ0v) is 16.3. The minimum Gasteiger partial charge on any atom is -0.353 e. The zero-order valence-electron chi connectivity index (χ0n) is 16.3. The van der Waals surface area contributed by atoms with Crippen LogP contribution in [0.3, 0.4) is 0 Å². The molecule has 0 saturated carbocycles. The number of nitrogens with zero attached hydrogens (tertiary/aromatic N) is 6. The molecule has 7 nitrogen and oxygen atoms in total. The van der Waals surface area contributed by atoms with Crippen LogP contribution in [0, 0.1) is 19.8 Å². The summed E-state index contributed by atoms with van der Waals surface area (Å²) in [6, 6.07) is 3.59. The first-order valence-electron chi connectivity index (χ1n) is 9.23. The number of rotatable bonds is 3. The molecule has 0 amide bonds. The highest BCUT2D eigenvalue weighted by Gasteiger charge is 2.32. The number of hydrogen-bond acceptors (Lipinski definition) is 6. The molecule has 4 heterocycles. The van der Waals surface area contributed by atoms with Gasteiger partial charge in [0.05, 0.1) is 10.9 Å². The van der Waals surface area contributed by atoms with Crippen LogP contribution in [0.25, 0.3) is 16.7 Å². The lowest BCUT2D eigenvalue weighted by Crippen LogP contribution is -2.28. The highest BCUT2D eigenvalue weighted by Crippen LogP contribution is 2.32. The number of hydrogen-bond donors (Lipinski definition) is 1. The van der Waals surface area contributed by atoms with E-state index in [0.717, 1.165) is 35.9 Å². The van der Waals surface area contributed by atoms with Gasteiger partial charge in [-0.15, -0.1) is 5.10 Å². The third-order valence-corrected chi connectivity index (χ3v) is 5.10. The van der Waals surface area contributed by atoms with Gasteiger partial charge in [0, 0.05) is 49.7 Å². The Labute approximate surface area is 161 Å². The van der Waals surface area contributed by atoms with Crippen molar-refractivity contribution in [2.75, 3.05) is 18.0 Å². The summed E-state index contributed by atoms with van der Waals surface area (Å²) < 4.78 is 29.3. The van der Waals surface area contributed by atoms with E-state index in [-0.39, 0.29) is 6.04 Å². The first-order chi connectivity index (χ1) is 13.1. The van der Waals surface area contributed by atoms with Crippen molar-refractivity contribution >= 4 is 16.7 Å². The Morgan fingerprint density at radius 2 is 1.89 bits per heavy atom. The van der Waals surface area contributed by atoms with Crippen molar-refractivity contribution in [3.63, 3.8) is 0 Å². The number of aromatic nitrogens is 5. The Morgan fingerprint density at radius 3 is 2.54 bits per heavy atom. The molecule has 148 valence electrons. The molecule has 4 rings (SSSR count). The average Bonchev–Trinajstić information content (AvgIpc) is 3.13. The fraction of sp³-hybridized carbons (Fsp3) is 0.474. The van der Waals surface area contributed by atoms with Crippen LogP contribution in [0.4, 0.5) is 14.6 Å². The van der Waals surface area contributed by atoms with E-state index in [1.165, 1.54) is 0 Å². The van der Waals surface area contributed by atoms with E-state index in [1.54, 1.807) is 23.9 Å². The molecule has 0 aliphatic carbocycles. The molecule has 1 saturated heterocycles. The van der Waals surface area contributed by atoms with Crippen molar-refractivity contribution in [2.24, 2.45) is 11.7 Å². The topological polar surface area (TPSA) is 85.8 Å². The lowest BCUT2D eigenvalue weighted by atomic mass is 10.1. The van der Waals surface area contributed by atoms with E-state index >= 15 is 0 Å². The lowest BCUT2D eigenvalue weighted by molar-refractivity contribution is 0.00747. The Morgan fingerprint density at radius 1 is 1.14 bits per heavy atom. The maximum atomic E-state index is 13.9. The Balaban J connectivity index is 1.91. The largest absolute Gasteiger partial charge is 0.353 e. The molecule has 0 bridgehead atoms. The van der Waals surface area contributed by atoms with Gasteiger partial charge in [-0.05, 0) is 25.8 Å². The maximum Gasteiger partial charge on any atom is 0.303 e. The third kappa shape index (κ3) is 3.19. The van der Waals surface area contributed by atoms with Gasteiger partial charge in [-0.3, -0.25) is 4.98 Å². The summed E-state index contributed by atoms with van der Waals surface area (Å²) in [5, 5.41) is 5.57. The summed E-state index contributed by atoms with van der Waals surface area (Å²) in [5.74, 6) is -2.27. The van der Waals surface area contributed by atoms with Gasteiger partial charge >= 0.3 is 5.92 Å². The molecule has 3 aromatic heterocycles. The monoisotopic (exact) mass is 387 g/mol. The number of pyridine rings is 1. The summed E-state index contributed by atoms with van der Waals surface area (Å²) in [4.78, 5) is 14.5. The summed E-state index contributed by atoms with van der Waals surface area (Å²) >= 11 is 0. The van der Waals surface area contributed by atoms with E-state index < -0.39 is 11.7 Å². The van der Waals surface area contributed by atoms with Crippen LogP contribution in [0.1, 0.15) is 31.1 Å². The fourth-order valence-corrected chi connectivity index (χ4v) is 3.53. The molecular weight excluding hydrogens is 364 g/mol. The number of alkyl halides is 2. The van der Waals surface area contributed by atoms with Crippen LogP contribution in [-0.4, -0.2) is 43.9 Å². The average molecular weight is 387 g/mol. The van der Waals surface area contributed by atoms with Crippen LogP contribution >= 0.6 is 0 Å². The second kappa shape index (κ2) is 6.44. The first-order valence-corrected chi connectivity index (χ1v) is 9.23. The van der Waals surface area contributed by atoms with E-state index in [0.29, 0.717) is 24.0 Å². The normalized spacial score (nSPS) is 20.3. The van der Waals surface area contributed by atoms with Gasteiger partial charge in [-0.2, -0.15) is 8.78 Å². The highest BCUT2D eigenvalue weighted by molar-refractivity contribution is 5.91. The molecule has 0 unspecified atom stereocenters. The summed E-state index contributed by atoms with van der Waals surface area (Å²) in [6.45, 7) is 7.90.